The van der Waals surface area contributed by atoms with Gasteiger partial charge in [-0.15, -0.1) is 0 Å². The van der Waals surface area contributed by atoms with Crippen LogP contribution in [0.25, 0.3) is 11.0 Å². The number of ether oxygens (including phenoxy) is 1. The van der Waals surface area contributed by atoms with Gasteiger partial charge in [-0.1, -0.05) is 12.1 Å². The molecule has 2 heterocycles. The van der Waals surface area contributed by atoms with Crippen molar-refractivity contribution < 1.29 is 17.6 Å². The van der Waals surface area contributed by atoms with E-state index in [1.807, 2.05) is 31.2 Å². The Morgan fingerprint density at radius 1 is 1.40 bits per heavy atom. The molecule has 0 saturated carbocycles. The van der Waals surface area contributed by atoms with Gasteiger partial charge in [0, 0.05) is 18.6 Å². The molecule has 3 aromatic rings. The first kappa shape index (κ1) is 17.5. The Morgan fingerprint density at radius 2 is 2.16 bits per heavy atom. The van der Waals surface area contributed by atoms with Gasteiger partial charge in [0.15, 0.2) is 16.4 Å². The minimum atomic E-state index is -3.74. The molecule has 134 valence electrons. The Bertz CT molecular complexity index is 985. The van der Waals surface area contributed by atoms with Gasteiger partial charge in [0.25, 0.3) is 10.0 Å². The summed E-state index contributed by atoms with van der Waals surface area (Å²) in [4.78, 5) is 4.07. The highest BCUT2D eigenvalue weighted by Crippen LogP contribution is 2.31. The maximum atomic E-state index is 12.5. The summed E-state index contributed by atoms with van der Waals surface area (Å²) in [5.74, 6) is 1.78. The molecule has 0 aliphatic heterocycles. The van der Waals surface area contributed by atoms with Crippen molar-refractivity contribution in [2.45, 2.75) is 31.8 Å². The molecule has 0 aliphatic carbocycles. The number of aryl methyl sites for hydroxylation is 2. The van der Waals surface area contributed by atoms with Crippen LogP contribution in [0.5, 0.6) is 5.75 Å². The normalized spacial score (nSPS) is 13.3. The molecule has 7 nitrogen and oxygen atoms in total. The molecule has 0 radical (unpaired) electrons. The Morgan fingerprint density at radius 3 is 2.80 bits per heavy atom. The van der Waals surface area contributed by atoms with Crippen LogP contribution >= 0.6 is 0 Å². The number of aromatic nitrogens is 2. The minimum absolute atomic E-state index is 0.00883. The number of para-hydroxylation sites is 1. The fourth-order valence-electron chi connectivity index (χ4n) is 2.55. The van der Waals surface area contributed by atoms with Crippen LogP contribution in [0.1, 0.15) is 31.5 Å². The number of hydrogen-bond donors (Lipinski definition) is 1. The van der Waals surface area contributed by atoms with Crippen molar-refractivity contribution in [2.75, 3.05) is 6.61 Å². The summed E-state index contributed by atoms with van der Waals surface area (Å²) >= 11 is 0. The van der Waals surface area contributed by atoms with Gasteiger partial charge in [0.05, 0.1) is 12.6 Å². The van der Waals surface area contributed by atoms with E-state index >= 15 is 0 Å². The van der Waals surface area contributed by atoms with Crippen molar-refractivity contribution >= 4 is 21.0 Å². The van der Waals surface area contributed by atoms with Crippen LogP contribution in [0.3, 0.4) is 0 Å². The third kappa shape index (κ3) is 3.40. The van der Waals surface area contributed by atoms with Crippen LogP contribution in [0, 0.1) is 6.92 Å². The van der Waals surface area contributed by atoms with Crippen LogP contribution in [-0.2, 0) is 17.1 Å². The van der Waals surface area contributed by atoms with E-state index in [4.69, 9.17) is 9.15 Å². The molecule has 8 heteroatoms. The van der Waals surface area contributed by atoms with Gasteiger partial charge in [0.2, 0.25) is 0 Å². The second kappa shape index (κ2) is 6.53. The first-order valence-electron chi connectivity index (χ1n) is 7.99. The first-order chi connectivity index (χ1) is 11.8. The lowest BCUT2D eigenvalue weighted by molar-refractivity contribution is 0.336. The number of rotatable bonds is 6. The molecular weight excluding hydrogens is 342 g/mol. The molecule has 0 aliphatic rings. The summed E-state index contributed by atoms with van der Waals surface area (Å²) in [5.41, 5.74) is 0.610. The SMILES string of the molecule is CCOc1cccc2cc([C@@H](C)NS(=O)(=O)c3cn(C)c(C)n3)oc12. The lowest BCUT2D eigenvalue weighted by atomic mass is 10.2. The summed E-state index contributed by atoms with van der Waals surface area (Å²) in [5, 5.41) is 0.853. The number of furan rings is 1. The molecule has 1 atom stereocenters. The van der Waals surface area contributed by atoms with Crippen molar-refractivity contribution in [3.63, 3.8) is 0 Å². The van der Waals surface area contributed by atoms with Gasteiger partial charge >= 0.3 is 0 Å². The second-order valence-electron chi connectivity index (χ2n) is 5.84. The van der Waals surface area contributed by atoms with Gasteiger partial charge in [-0.2, -0.15) is 4.72 Å². The van der Waals surface area contributed by atoms with E-state index in [0.717, 1.165) is 5.39 Å². The van der Waals surface area contributed by atoms with E-state index in [1.165, 1.54) is 6.20 Å². The van der Waals surface area contributed by atoms with E-state index in [-0.39, 0.29) is 5.03 Å². The van der Waals surface area contributed by atoms with Gasteiger partial charge < -0.3 is 13.7 Å². The topological polar surface area (TPSA) is 86.4 Å². The zero-order valence-electron chi connectivity index (χ0n) is 14.6. The summed E-state index contributed by atoms with van der Waals surface area (Å²) < 4.78 is 40.7. The Kier molecular flexibility index (Phi) is 4.57. The van der Waals surface area contributed by atoms with Crippen LogP contribution in [-0.4, -0.2) is 24.6 Å². The minimum Gasteiger partial charge on any atom is -0.490 e. The van der Waals surface area contributed by atoms with Gasteiger partial charge in [-0.25, -0.2) is 13.4 Å². The average Bonchev–Trinajstić information content (AvgIpc) is 3.12. The van der Waals surface area contributed by atoms with E-state index in [1.54, 1.807) is 25.5 Å². The smallest absolute Gasteiger partial charge is 0.260 e. The van der Waals surface area contributed by atoms with E-state index in [2.05, 4.69) is 9.71 Å². The number of nitrogens with zero attached hydrogens (tertiary/aromatic N) is 2. The standard InChI is InChI=1S/C17H21N3O4S/c1-5-23-14-8-6-7-13-9-15(24-17(13)14)11(2)19-25(21,22)16-10-20(4)12(3)18-16/h6-11,19H,5H2,1-4H3/t11-/m1/s1. The summed E-state index contributed by atoms with van der Waals surface area (Å²) in [6.07, 6.45) is 1.48. The molecule has 0 amide bonds. The van der Waals surface area contributed by atoms with Crippen molar-refractivity contribution in [1.29, 1.82) is 0 Å². The van der Waals surface area contributed by atoms with Gasteiger partial charge in [-0.05, 0) is 32.9 Å². The molecule has 2 aromatic heterocycles. The number of hydrogen-bond acceptors (Lipinski definition) is 5. The monoisotopic (exact) mass is 363 g/mol. The Labute approximate surface area is 146 Å². The summed E-state index contributed by atoms with van der Waals surface area (Å²) in [6.45, 7) is 5.90. The highest BCUT2D eigenvalue weighted by atomic mass is 32.2. The Balaban J connectivity index is 1.89. The van der Waals surface area contributed by atoms with Crippen molar-refractivity contribution in [1.82, 2.24) is 14.3 Å². The number of sulfonamides is 1. The molecule has 3 rings (SSSR count). The largest absolute Gasteiger partial charge is 0.490 e. The van der Waals surface area contributed by atoms with Crippen LogP contribution in [0.15, 0.2) is 39.9 Å². The van der Waals surface area contributed by atoms with Crippen LogP contribution in [0.4, 0.5) is 0 Å². The molecule has 0 spiro atoms. The highest BCUT2D eigenvalue weighted by Gasteiger charge is 2.24. The van der Waals surface area contributed by atoms with E-state index in [9.17, 15) is 8.42 Å². The number of fused-ring (bicyclic) bond motifs is 1. The Hall–Kier alpha value is -2.32. The average molecular weight is 363 g/mol. The van der Waals surface area contributed by atoms with Crippen LogP contribution < -0.4 is 9.46 Å². The third-order valence-electron chi connectivity index (χ3n) is 3.95. The van der Waals surface area contributed by atoms with Crippen molar-refractivity contribution in [3.8, 4) is 5.75 Å². The molecule has 0 unspecified atom stereocenters. The lowest BCUT2D eigenvalue weighted by Gasteiger charge is -2.10. The molecule has 0 saturated heterocycles. The predicted molar refractivity (Wildman–Crippen MR) is 94.1 cm³/mol. The van der Waals surface area contributed by atoms with Crippen LogP contribution in [0.2, 0.25) is 0 Å². The van der Waals surface area contributed by atoms with E-state index in [0.29, 0.717) is 29.5 Å². The molecule has 1 N–H and O–H groups in total. The summed E-state index contributed by atoms with van der Waals surface area (Å²) in [6, 6.07) is 6.86. The van der Waals surface area contributed by atoms with Gasteiger partial charge in [-0.3, -0.25) is 0 Å². The quantitative estimate of drug-likeness (QED) is 0.728. The molecule has 0 bridgehead atoms. The molecule has 25 heavy (non-hydrogen) atoms. The molecular formula is C17H21N3O4S. The zero-order valence-corrected chi connectivity index (χ0v) is 15.4. The zero-order chi connectivity index (χ0) is 18.2. The highest BCUT2D eigenvalue weighted by molar-refractivity contribution is 7.89. The van der Waals surface area contributed by atoms with E-state index < -0.39 is 16.1 Å². The number of benzene rings is 1. The number of nitrogens with one attached hydrogen (secondary N) is 1. The molecule has 1 aromatic carbocycles. The fraction of sp³-hybridized carbons (Fsp3) is 0.353. The summed E-state index contributed by atoms with van der Waals surface area (Å²) in [7, 11) is -1.99. The van der Waals surface area contributed by atoms with Crippen molar-refractivity contribution in [2.24, 2.45) is 7.05 Å². The first-order valence-corrected chi connectivity index (χ1v) is 9.47. The predicted octanol–water partition coefficient (Wildman–Crippen LogP) is 2.91. The second-order valence-corrected chi connectivity index (χ2v) is 7.50. The fourth-order valence-corrected chi connectivity index (χ4v) is 3.80. The van der Waals surface area contributed by atoms with Gasteiger partial charge in [0.1, 0.15) is 11.6 Å². The maximum absolute atomic E-state index is 12.5. The van der Waals surface area contributed by atoms with Crippen molar-refractivity contribution in [3.05, 3.63) is 42.0 Å². The third-order valence-corrected chi connectivity index (χ3v) is 5.36. The number of imidazole rings is 1. The lowest BCUT2D eigenvalue weighted by Crippen LogP contribution is -2.27. The maximum Gasteiger partial charge on any atom is 0.260 e. The molecule has 0 fully saturated rings.